The lowest BCUT2D eigenvalue weighted by molar-refractivity contribution is -0.185. The van der Waals surface area contributed by atoms with Gasteiger partial charge in [0.25, 0.3) is 0 Å². The molecule has 0 bridgehead atoms. The van der Waals surface area contributed by atoms with Gasteiger partial charge in [0.1, 0.15) is 0 Å². The lowest BCUT2D eigenvalue weighted by atomic mass is 9.93. The molecule has 0 spiro atoms. The maximum atomic E-state index is 5.97. The maximum absolute atomic E-state index is 5.97. The van der Waals surface area contributed by atoms with Crippen LogP contribution in [0.4, 0.5) is 0 Å². The zero-order valence-corrected chi connectivity index (χ0v) is 12.5. The van der Waals surface area contributed by atoms with E-state index < -0.39 is 0 Å². The number of nitrogens with two attached hydrogens (primary N) is 1. The molecule has 0 aliphatic carbocycles. The summed E-state index contributed by atoms with van der Waals surface area (Å²) in [6, 6.07) is 0.673. The first kappa shape index (κ1) is 15.9. The molecule has 0 amide bonds. The first-order chi connectivity index (χ1) is 8.49. The third kappa shape index (κ3) is 3.22. The second-order valence-electron chi connectivity index (χ2n) is 5.55. The second kappa shape index (κ2) is 6.82. The van der Waals surface area contributed by atoms with E-state index in [9.17, 15) is 0 Å². The third-order valence-corrected chi connectivity index (χ3v) is 4.27. The highest BCUT2D eigenvalue weighted by Crippen LogP contribution is 2.26. The van der Waals surface area contributed by atoms with Gasteiger partial charge in [-0.1, -0.05) is 0 Å². The van der Waals surface area contributed by atoms with E-state index in [1.807, 2.05) is 0 Å². The van der Waals surface area contributed by atoms with Gasteiger partial charge in [-0.15, -0.1) is 0 Å². The zero-order chi connectivity index (χ0) is 13.8. The minimum absolute atomic E-state index is 0.249. The molecular weight excluding hydrogens is 230 g/mol. The highest BCUT2D eigenvalue weighted by Gasteiger charge is 2.41. The van der Waals surface area contributed by atoms with Crippen molar-refractivity contribution in [3.05, 3.63) is 0 Å². The summed E-state index contributed by atoms with van der Waals surface area (Å²) in [4.78, 5) is 4.71. The first-order valence-electron chi connectivity index (χ1n) is 6.66. The summed E-state index contributed by atoms with van der Waals surface area (Å²) in [5.74, 6) is 0. The Kier molecular flexibility index (Phi) is 6.01. The zero-order valence-electron chi connectivity index (χ0n) is 12.5. The van der Waals surface area contributed by atoms with Crippen LogP contribution in [0.1, 0.15) is 19.8 Å². The van der Waals surface area contributed by atoms with Crippen molar-refractivity contribution in [1.82, 2.24) is 9.80 Å². The number of nitrogens with zero attached hydrogens (tertiary/aromatic N) is 2. The smallest absolute Gasteiger partial charge is 0.176 e. The van der Waals surface area contributed by atoms with E-state index in [0.717, 1.165) is 13.1 Å². The molecule has 1 atom stereocenters. The van der Waals surface area contributed by atoms with Gasteiger partial charge in [0.15, 0.2) is 6.29 Å². The van der Waals surface area contributed by atoms with Gasteiger partial charge in [-0.25, -0.2) is 0 Å². The van der Waals surface area contributed by atoms with Crippen LogP contribution in [0.2, 0.25) is 0 Å². The Morgan fingerprint density at radius 1 is 1.28 bits per heavy atom. The van der Waals surface area contributed by atoms with Gasteiger partial charge in [-0.2, -0.15) is 0 Å². The van der Waals surface area contributed by atoms with Gasteiger partial charge in [-0.3, -0.25) is 4.90 Å². The van der Waals surface area contributed by atoms with Crippen LogP contribution in [0.3, 0.4) is 0 Å². The highest BCUT2D eigenvalue weighted by molar-refractivity contribution is 4.94. The van der Waals surface area contributed by atoms with Crippen LogP contribution in [-0.2, 0) is 9.47 Å². The van der Waals surface area contributed by atoms with Gasteiger partial charge in [0, 0.05) is 39.9 Å². The molecule has 0 aromatic heterocycles. The van der Waals surface area contributed by atoms with Crippen LogP contribution >= 0.6 is 0 Å². The number of hydrogen-bond donors (Lipinski definition) is 1. The molecule has 5 nitrogen and oxygen atoms in total. The molecule has 1 fully saturated rings. The summed E-state index contributed by atoms with van der Waals surface area (Å²) in [7, 11) is 7.65. The Hall–Kier alpha value is -0.200. The molecule has 1 aliphatic heterocycles. The lowest BCUT2D eigenvalue weighted by Crippen LogP contribution is -2.62. The fourth-order valence-corrected chi connectivity index (χ4v) is 2.87. The van der Waals surface area contributed by atoms with Crippen LogP contribution in [0, 0.1) is 0 Å². The Morgan fingerprint density at radius 2 is 1.78 bits per heavy atom. The third-order valence-electron chi connectivity index (χ3n) is 4.27. The van der Waals surface area contributed by atoms with E-state index in [4.69, 9.17) is 15.2 Å². The summed E-state index contributed by atoms with van der Waals surface area (Å²) in [6.45, 7) is 4.74. The second-order valence-corrected chi connectivity index (χ2v) is 5.55. The number of likely N-dealkylation sites (tertiary alicyclic amines) is 1. The SMILES string of the molecule is COC(OC)C(C)(CN)N1CCC(N(C)C)CC1. The minimum Gasteiger partial charge on any atom is -0.354 e. The quantitative estimate of drug-likeness (QED) is 0.698. The molecule has 1 unspecified atom stereocenters. The van der Waals surface area contributed by atoms with Crippen molar-refractivity contribution in [3.8, 4) is 0 Å². The maximum Gasteiger partial charge on any atom is 0.176 e. The molecule has 1 aliphatic rings. The van der Waals surface area contributed by atoms with Crippen molar-refractivity contribution >= 4 is 0 Å². The predicted octanol–water partition coefficient (Wildman–Crippen LogP) is 0.349. The largest absolute Gasteiger partial charge is 0.354 e. The van der Waals surface area contributed by atoms with E-state index in [1.54, 1.807) is 14.2 Å². The molecular formula is C13H29N3O2. The Morgan fingerprint density at radius 3 is 2.11 bits per heavy atom. The normalized spacial score (nSPS) is 22.7. The van der Waals surface area contributed by atoms with Crippen LogP contribution in [0.5, 0.6) is 0 Å². The summed E-state index contributed by atoms with van der Waals surface area (Å²) in [5.41, 5.74) is 5.72. The van der Waals surface area contributed by atoms with Crippen molar-refractivity contribution in [1.29, 1.82) is 0 Å². The van der Waals surface area contributed by atoms with Crippen molar-refractivity contribution in [2.24, 2.45) is 5.73 Å². The first-order valence-corrected chi connectivity index (χ1v) is 6.66. The van der Waals surface area contributed by atoms with E-state index in [2.05, 4.69) is 30.8 Å². The number of hydrogen-bond acceptors (Lipinski definition) is 5. The monoisotopic (exact) mass is 259 g/mol. The summed E-state index contributed by atoms with van der Waals surface area (Å²) < 4.78 is 10.9. The molecule has 0 radical (unpaired) electrons. The number of ether oxygens (including phenoxy) is 2. The van der Waals surface area contributed by atoms with Crippen molar-refractivity contribution in [2.75, 3.05) is 47.9 Å². The number of rotatable bonds is 6. The molecule has 0 saturated carbocycles. The summed E-state index contributed by atoms with van der Waals surface area (Å²) >= 11 is 0. The van der Waals surface area contributed by atoms with Gasteiger partial charge < -0.3 is 20.1 Å². The number of methoxy groups -OCH3 is 2. The summed E-state index contributed by atoms with van der Waals surface area (Å²) in [5, 5.41) is 0. The lowest BCUT2D eigenvalue weighted by Gasteiger charge is -2.47. The van der Waals surface area contributed by atoms with Gasteiger partial charge in [-0.05, 0) is 33.9 Å². The van der Waals surface area contributed by atoms with Crippen molar-refractivity contribution in [3.63, 3.8) is 0 Å². The van der Waals surface area contributed by atoms with Crippen LogP contribution in [-0.4, -0.2) is 75.6 Å². The van der Waals surface area contributed by atoms with Crippen molar-refractivity contribution < 1.29 is 9.47 Å². The van der Waals surface area contributed by atoms with Crippen molar-refractivity contribution in [2.45, 2.75) is 37.6 Å². The fraction of sp³-hybridized carbons (Fsp3) is 1.00. The van der Waals surface area contributed by atoms with E-state index >= 15 is 0 Å². The molecule has 2 N–H and O–H groups in total. The molecule has 0 aromatic rings. The molecule has 1 heterocycles. The summed E-state index contributed by atoms with van der Waals surface area (Å²) in [6.07, 6.45) is 2.06. The van der Waals surface area contributed by atoms with Gasteiger partial charge >= 0.3 is 0 Å². The topological polar surface area (TPSA) is 51.0 Å². The Balaban J connectivity index is 2.67. The fourth-order valence-electron chi connectivity index (χ4n) is 2.87. The predicted molar refractivity (Wildman–Crippen MR) is 73.5 cm³/mol. The van der Waals surface area contributed by atoms with E-state index in [1.165, 1.54) is 12.8 Å². The molecule has 108 valence electrons. The average molecular weight is 259 g/mol. The van der Waals surface area contributed by atoms with E-state index in [-0.39, 0.29) is 11.8 Å². The number of piperidine rings is 1. The van der Waals surface area contributed by atoms with E-state index in [0.29, 0.717) is 12.6 Å². The Labute approximate surface area is 111 Å². The van der Waals surface area contributed by atoms with Crippen LogP contribution < -0.4 is 5.73 Å². The van der Waals surface area contributed by atoms with Crippen LogP contribution in [0.15, 0.2) is 0 Å². The highest BCUT2D eigenvalue weighted by atomic mass is 16.7. The molecule has 1 rings (SSSR count). The molecule has 5 heteroatoms. The van der Waals surface area contributed by atoms with Crippen LogP contribution in [0.25, 0.3) is 0 Å². The molecule has 0 aromatic carbocycles. The standard InChI is InChI=1S/C13H29N3O2/c1-13(10-14,12(17-4)18-5)16-8-6-11(7-9-16)15(2)3/h11-12H,6-10,14H2,1-5H3. The van der Waals surface area contributed by atoms with Gasteiger partial charge in [0.05, 0.1) is 5.54 Å². The average Bonchev–Trinajstić information content (AvgIpc) is 2.39. The van der Waals surface area contributed by atoms with Gasteiger partial charge in [0.2, 0.25) is 0 Å². The minimum atomic E-state index is -0.279. The Bertz CT molecular complexity index is 238. The molecule has 18 heavy (non-hydrogen) atoms. The molecule has 1 saturated heterocycles.